The molecule has 0 saturated carbocycles. The minimum Gasteiger partial charge on any atom is -0.493 e. The van der Waals surface area contributed by atoms with Gasteiger partial charge < -0.3 is 9.72 Å². The van der Waals surface area contributed by atoms with E-state index in [1.54, 1.807) is 16.7 Å². The van der Waals surface area contributed by atoms with Gasteiger partial charge in [0, 0.05) is 11.6 Å². The Morgan fingerprint density at radius 2 is 2.00 bits per heavy atom. The molecule has 0 atom stereocenters. The summed E-state index contributed by atoms with van der Waals surface area (Å²) >= 11 is 5.90. The first-order valence-corrected chi connectivity index (χ1v) is 7.18. The lowest BCUT2D eigenvalue weighted by Gasteiger charge is -2.07. The first-order chi connectivity index (χ1) is 10.2. The van der Waals surface area contributed by atoms with Crippen molar-refractivity contribution < 1.29 is 4.74 Å². The van der Waals surface area contributed by atoms with Crippen molar-refractivity contribution in [3.05, 3.63) is 64.0 Å². The van der Waals surface area contributed by atoms with Gasteiger partial charge in [-0.2, -0.15) is 0 Å². The Bertz CT molecular complexity index is 807. The topological polar surface area (TPSA) is 47.0 Å². The Kier molecular flexibility index (Phi) is 3.97. The molecule has 1 N–H and O–H groups in total. The largest absolute Gasteiger partial charge is 0.493 e. The van der Waals surface area contributed by atoms with Gasteiger partial charge in [-0.25, -0.2) is 4.79 Å². The number of para-hydroxylation sites is 2. The predicted octanol–water partition coefficient (Wildman–Crippen LogP) is 3.45. The number of imidazole rings is 1. The lowest BCUT2D eigenvalue weighted by molar-refractivity contribution is 0.302. The molecule has 0 aliphatic heterocycles. The van der Waals surface area contributed by atoms with Gasteiger partial charge in [-0.1, -0.05) is 29.8 Å². The van der Waals surface area contributed by atoms with E-state index in [1.807, 2.05) is 36.4 Å². The summed E-state index contributed by atoms with van der Waals surface area (Å²) in [6, 6.07) is 15.0. The molecule has 3 aromatic rings. The number of fused-ring (bicyclic) bond motifs is 1. The summed E-state index contributed by atoms with van der Waals surface area (Å²) in [5.74, 6) is 0.744. The Morgan fingerprint density at radius 1 is 1.14 bits per heavy atom. The van der Waals surface area contributed by atoms with Crippen LogP contribution in [0.4, 0.5) is 0 Å². The maximum Gasteiger partial charge on any atom is 0.326 e. The fraction of sp³-hybridized carbons (Fsp3) is 0.188. The molecule has 0 amide bonds. The maximum absolute atomic E-state index is 11.9. The average Bonchev–Trinajstić information content (AvgIpc) is 2.79. The van der Waals surface area contributed by atoms with Gasteiger partial charge in [-0.05, 0) is 36.8 Å². The van der Waals surface area contributed by atoms with Gasteiger partial charge >= 0.3 is 5.69 Å². The molecule has 4 nitrogen and oxygen atoms in total. The van der Waals surface area contributed by atoms with E-state index in [4.69, 9.17) is 16.3 Å². The van der Waals surface area contributed by atoms with Crippen LogP contribution in [-0.2, 0) is 6.54 Å². The quantitative estimate of drug-likeness (QED) is 0.734. The van der Waals surface area contributed by atoms with Crippen molar-refractivity contribution in [2.24, 2.45) is 0 Å². The highest BCUT2D eigenvalue weighted by atomic mass is 35.5. The van der Waals surface area contributed by atoms with Crippen LogP contribution in [0.3, 0.4) is 0 Å². The molecule has 1 aromatic heterocycles. The number of nitrogens with zero attached hydrogens (tertiary/aromatic N) is 1. The van der Waals surface area contributed by atoms with Crippen LogP contribution in [0.1, 0.15) is 6.42 Å². The molecule has 0 radical (unpaired) electrons. The Labute approximate surface area is 126 Å². The van der Waals surface area contributed by atoms with Crippen molar-refractivity contribution in [2.75, 3.05) is 6.61 Å². The molecular weight excluding hydrogens is 288 g/mol. The monoisotopic (exact) mass is 302 g/mol. The molecule has 5 heteroatoms. The second-order valence-corrected chi connectivity index (χ2v) is 5.19. The normalized spacial score (nSPS) is 10.9. The number of aromatic amines is 1. The highest BCUT2D eigenvalue weighted by Gasteiger charge is 2.05. The number of ether oxygens (including phenoxy) is 1. The third kappa shape index (κ3) is 3.11. The maximum atomic E-state index is 11.9. The van der Waals surface area contributed by atoms with Crippen LogP contribution in [0.5, 0.6) is 5.75 Å². The van der Waals surface area contributed by atoms with E-state index < -0.39 is 0 Å². The zero-order chi connectivity index (χ0) is 14.7. The summed E-state index contributed by atoms with van der Waals surface area (Å²) in [5, 5.41) is 0.653. The van der Waals surface area contributed by atoms with E-state index in [0.29, 0.717) is 18.2 Å². The van der Waals surface area contributed by atoms with E-state index in [0.717, 1.165) is 23.2 Å². The number of halogens is 1. The third-order valence-corrected chi connectivity index (χ3v) is 3.51. The van der Waals surface area contributed by atoms with Crippen molar-refractivity contribution in [3.63, 3.8) is 0 Å². The van der Waals surface area contributed by atoms with Crippen LogP contribution < -0.4 is 10.4 Å². The number of rotatable bonds is 5. The molecule has 108 valence electrons. The van der Waals surface area contributed by atoms with Crippen LogP contribution in [0.15, 0.2) is 53.3 Å². The second-order valence-electron chi connectivity index (χ2n) is 4.76. The van der Waals surface area contributed by atoms with Gasteiger partial charge in [0.1, 0.15) is 5.75 Å². The number of aromatic nitrogens is 2. The predicted molar refractivity (Wildman–Crippen MR) is 84.1 cm³/mol. The summed E-state index contributed by atoms with van der Waals surface area (Å²) in [6.45, 7) is 1.15. The van der Waals surface area contributed by atoms with Crippen molar-refractivity contribution >= 4 is 22.6 Å². The van der Waals surface area contributed by atoms with Crippen LogP contribution in [0.25, 0.3) is 11.0 Å². The molecular formula is C16H15ClN2O2. The second kappa shape index (κ2) is 6.06. The Balaban J connectivity index is 1.62. The van der Waals surface area contributed by atoms with Gasteiger partial charge in [-0.15, -0.1) is 0 Å². The van der Waals surface area contributed by atoms with Gasteiger partial charge in [0.05, 0.1) is 17.6 Å². The number of nitrogens with one attached hydrogen (secondary N) is 1. The summed E-state index contributed by atoms with van der Waals surface area (Å²) < 4.78 is 7.36. The number of hydrogen-bond acceptors (Lipinski definition) is 2. The van der Waals surface area contributed by atoms with Gasteiger partial charge in [-0.3, -0.25) is 4.57 Å². The lowest BCUT2D eigenvalue weighted by atomic mass is 10.3. The van der Waals surface area contributed by atoms with Crippen LogP contribution in [0, 0.1) is 0 Å². The van der Waals surface area contributed by atoms with E-state index in [1.165, 1.54) is 0 Å². The first-order valence-electron chi connectivity index (χ1n) is 6.80. The SMILES string of the molecule is O=c1[nH]c2ccccc2n1CCCOc1cccc(Cl)c1. The molecule has 0 aliphatic carbocycles. The van der Waals surface area contributed by atoms with Gasteiger partial charge in [0.25, 0.3) is 0 Å². The minimum absolute atomic E-state index is 0.0843. The lowest BCUT2D eigenvalue weighted by Crippen LogP contribution is -2.18. The number of benzene rings is 2. The number of H-pyrrole nitrogens is 1. The molecule has 3 rings (SSSR count). The smallest absolute Gasteiger partial charge is 0.326 e. The molecule has 0 unspecified atom stereocenters. The zero-order valence-corrected chi connectivity index (χ0v) is 12.1. The fourth-order valence-electron chi connectivity index (χ4n) is 2.30. The summed E-state index contributed by atoms with van der Waals surface area (Å²) in [6.07, 6.45) is 0.744. The minimum atomic E-state index is -0.0843. The summed E-state index contributed by atoms with van der Waals surface area (Å²) in [7, 11) is 0. The molecule has 1 heterocycles. The first kappa shape index (κ1) is 13.8. The molecule has 2 aromatic carbocycles. The van der Waals surface area contributed by atoms with Crippen molar-refractivity contribution in [1.82, 2.24) is 9.55 Å². The van der Waals surface area contributed by atoms with E-state index in [2.05, 4.69) is 4.98 Å². The van der Waals surface area contributed by atoms with Crippen molar-refractivity contribution in [1.29, 1.82) is 0 Å². The number of aryl methyl sites for hydroxylation is 1. The molecule has 0 aliphatic rings. The molecule has 21 heavy (non-hydrogen) atoms. The van der Waals surface area contributed by atoms with Crippen molar-refractivity contribution in [2.45, 2.75) is 13.0 Å². The van der Waals surface area contributed by atoms with E-state index in [9.17, 15) is 4.79 Å². The Morgan fingerprint density at radius 3 is 2.86 bits per heavy atom. The highest BCUT2D eigenvalue weighted by molar-refractivity contribution is 6.30. The van der Waals surface area contributed by atoms with Crippen molar-refractivity contribution in [3.8, 4) is 5.75 Å². The molecule has 0 spiro atoms. The van der Waals surface area contributed by atoms with Crippen LogP contribution in [0.2, 0.25) is 5.02 Å². The van der Waals surface area contributed by atoms with Gasteiger partial charge in [0.2, 0.25) is 0 Å². The third-order valence-electron chi connectivity index (χ3n) is 3.27. The molecule has 0 bridgehead atoms. The standard InChI is InChI=1S/C16H15ClN2O2/c17-12-5-3-6-13(11-12)21-10-4-9-19-15-8-2-1-7-14(15)18-16(19)20/h1-3,5-8,11H,4,9-10H2,(H,18,20). The van der Waals surface area contributed by atoms with E-state index >= 15 is 0 Å². The fourth-order valence-corrected chi connectivity index (χ4v) is 2.48. The average molecular weight is 303 g/mol. The zero-order valence-electron chi connectivity index (χ0n) is 11.4. The number of hydrogen-bond donors (Lipinski definition) is 1. The highest BCUT2D eigenvalue weighted by Crippen LogP contribution is 2.17. The molecule has 0 saturated heterocycles. The van der Waals surface area contributed by atoms with E-state index in [-0.39, 0.29) is 5.69 Å². The van der Waals surface area contributed by atoms with Gasteiger partial charge in [0.15, 0.2) is 0 Å². The summed E-state index contributed by atoms with van der Waals surface area (Å²) in [4.78, 5) is 14.7. The van der Waals surface area contributed by atoms with Crippen LogP contribution >= 0.6 is 11.6 Å². The Hall–Kier alpha value is -2.20. The molecule has 0 fully saturated rings. The summed E-state index contributed by atoms with van der Waals surface area (Å²) in [5.41, 5.74) is 1.70. The van der Waals surface area contributed by atoms with Crippen LogP contribution in [-0.4, -0.2) is 16.2 Å².